The Labute approximate surface area is 123 Å². The first-order chi connectivity index (χ1) is 9.63. The quantitative estimate of drug-likeness (QED) is 0.729. The Morgan fingerprint density at radius 1 is 1.50 bits per heavy atom. The highest BCUT2D eigenvalue weighted by molar-refractivity contribution is 7.09. The van der Waals surface area contributed by atoms with Gasteiger partial charge in [-0.2, -0.15) is 0 Å². The van der Waals surface area contributed by atoms with Crippen LogP contribution >= 0.6 is 11.3 Å². The van der Waals surface area contributed by atoms with Crippen molar-refractivity contribution in [3.63, 3.8) is 0 Å². The van der Waals surface area contributed by atoms with Crippen molar-refractivity contribution in [3.8, 4) is 0 Å². The zero-order chi connectivity index (χ0) is 15.0. The van der Waals surface area contributed by atoms with Gasteiger partial charge in [0.1, 0.15) is 5.69 Å². The summed E-state index contributed by atoms with van der Waals surface area (Å²) in [4.78, 5) is 18.6. The number of ether oxygens (including phenoxy) is 2. The fraction of sp³-hybridized carbons (Fsp3) is 0.692. The van der Waals surface area contributed by atoms with Crippen molar-refractivity contribution in [2.75, 3.05) is 40.5 Å². The summed E-state index contributed by atoms with van der Waals surface area (Å²) in [5, 5.41) is 2.68. The second-order valence-corrected chi connectivity index (χ2v) is 5.40. The van der Waals surface area contributed by atoms with E-state index in [9.17, 15) is 4.79 Å². The summed E-state index contributed by atoms with van der Waals surface area (Å²) in [5.74, 6) is -0.0916. The minimum absolute atomic E-state index is 0.0256. The highest BCUT2D eigenvalue weighted by Gasteiger charge is 2.23. The third-order valence-corrected chi connectivity index (χ3v) is 3.77. The van der Waals surface area contributed by atoms with Crippen LogP contribution in [0, 0.1) is 0 Å². The molecule has 0 fully saturated rings. The van der Waals surface area contributed by atoms with Gasteiger partial charge in [0.05, 0.1) is 24.3 Å². The van der Waals surface area contributed by atoms with Gasteiger partial charge in [-0.05, 0) is 13.5 Å². The van der Waals surface area contributed by atoms with Crippen LogP contribution in [0.5, 0.6) is 0 Å². The van der Waals surface area contributed by atoms with Crippen LogP contribution < -0.4 is 5.73 Å². The van der Waals surface area contributed by atoms with Gasteiger partial charge in [-0.1, -0.05) is 0 Å². The van der Waals surface area contributed by atoms with Crippen molar-refractivity contribution in [1.82, 2.24) is 9.88 Å². The molecule has 0 saturated heterocycles. The van der Waals surface area contributed by atoms with Gasteiger partial charge in [0.2, 0.25) is 0 Å². The Morgan fingerprint density at radius 2 is 2.25 bits per heavy atom. The summed E-state index contributed by atoms with van der Waals surface area (Å²) in [6.07, 6.45) is 0.698. The Kier molecular flexibility index (Phi) is 7.68. The Bertz CT molecular complexity index is 411. The predicted molar refractivity (Wildman–Crippen MR) is 79.1 cm³/mol. The van der Waals surface area contributed by atoms with E-state index in [1.165, 1.54) is 11.3 Å². The van der Waals surface area contributed by atoms with Gasteiger partial charge < -0.3 is 20.1 Å². The molecule has 0 radical (unpaired) electrons. The fourth-order valence-corrected chi connectivity index (χ4v) is 2.63. The molecule has 0 aliphatic rings. The molecule has 20 heavy (non-hydrogen) atoms. The van der Waals surface area contributed by atoms with E-state index < -0.39 is 0 Å². The number of hydrogen-bond donors (Lipinski definition) is 1. The maximum absolute atomic E-state index is 12.5. The molecule has 0 saturated carbocycles. The molecule has 1 rings (SSSR count). The Balaban J connectivity index is 2.79. The van der Waals surface area contributed by atoms with Gasteiger partial charge >= 0.3 is 0 Å². The number of rotatable bonds is 9. The number of hydrogen-bond acceptors (Lipinski definition) is 6. The molecule has 114 valence electrons. The number of nitrogens with two attached hydrogens (primary N) is 1. The van der Waals surface area contributed by atoms with Gasteiger partial charge in [-0.3, -0.25) is 4.79 Å². The molecular formula is C13H23N3O3S. The lowest BCUT2D eigenvalue weighted by Gasteiger charge is -2.28. The lowest BCUT2D eigenvalue weighted by atomic mass is 10.2. The average Bonchev–Trinajstić information content (AvgIpc) is 2.88. The zero-order valence-electron chi connectivity index (χ0n) is 12.3. The number of methoxy groups -OCH3 is 2. The van der Waals surface area contributed by atoms with E-state index in [1.54, 1.807) is 24.5 Å². The Morgan fingerprint density at radius 3 is 2.85 bits per heavy atom. The van der Waals surface area contributed by atoms with Crippen LogP contribution in [0.2, 0.25) is 0 Å². The van der Waals surface area contributed by atoms with E-state index >= 15 is 0 Å². The number of aromatic nitrogens is 1. The summed E-state index contributed by atoms with van der Waals surface area (Å²) in [6.45, 7) is 3.97. The van der Waals surface area contributed by atoms with Gasteiger partial charge in [0.15, 0.2) is 0 Å². The van der Waals surface area contributed by atoms with E-state index in [2.05, 4.69) is 4.98 Å². The van der Waals surface area contributed by atoms with Crippen LogP contribution in [0.1, 0.15) is 22.4 Å². The van der Waals surface area contributed by atoms with Crippen molar-refractivity contribution in [1.29, 1.82) is 0 Å². The molecule has 0 spiro atoms. The second kappa shape index (κ2) is 9.02. The average molecular weight is 301 g/mol. The molecule has 1 heterocycles. The maximum Gasteiger partial charge on any atom is 0.273 e. The largest absolute Gasteiger partial charge is 0.383 e. The molecule has 0 aliphatic heterocycles. The van der Waals surface area contributed by atoms with Gasteiger partial charge in [-0.25, -0.2) is 4.98 Å². The molecule has 1 unspecified atom stereocenters. The monoisotopic (exact) mass is 301 g/mol. The highest BCUT2D eigenvalue weighted by atomic mass is 32.1. The van der Waals surface area contributed by atoms with Crippen molar-refractivity contribution in [2.24, 2.45) is 5.73 Å². The third-order valence-electron chi connectivity index (χ3n) is 2.87. The minimum atomic E-state index is -0.0916. The van der Waals surface area contributed by atoms with Crippen LogP contribution in [0.4, 0.5) is 0 Å². The predicted octanol–water partition coefficient (Wildman–Crippen LogP) is 0.768. The van der Waals surface area contributed by atoms with Crippen molar-refractivity contribution < 1.29 is 14.3 Å². The van der Waals surface area contributed by atoms with Crippen LogP contribution in [-0.4, -0.2) is 62.4 Å². The van der Waals surface area contributed by atoms with Gasteiger partial charge in [-0.15, -0.1) is 11.3 Å². The molecule has 2 N–H and O–H groups in total. The van der Waals surface area contributed by atoms with Crippen molar-refractivity contribution in [3.05, 3.63) is 16.1 Å². The van der Waals surface area contributed by atoms with E-state index in [0.29, 0.717) is 38.4 Å². The number of carbonyl (C=O) groups is 1. The lowest BCUT2D eigenvalue weighted by molar-refractivity contribution is 0.0475. The fourth-order valence-electron chi connectivity index (χ4n) is 1.84. The van der Waals surface area contributed by atoms with E-state index in [4.69, 9.17) is 15.2 Å². The molecule has 0 aliphatic carbocycles. The number of amides is 1. The number of nitrogens with zero attached hydrogens (tertiary/aromatic N) is 2. The number of carbonyl (C=O) groups excluding carboxylic acids is 1. The molecule has 0 aromatic carbocycles. The molecule has 1 aromatic rings. The molecule has 1 atom stereocenters. The van der Waals surface area contributed by atoms with Crippen molar-refractivity contribution >= 4 is 17.2 Å². The van der Waals surface area contributed by atoms with Crippen LogP contribution in [-0.2, 0) is 15.9 Å². The highest BCUT2D eigenvalue weighted by Crippen LogP contribution is 2.14. The standard InChI is InChI=1S/C13H23N3O3S/c1-10(8-19-3)16(6-7-18-2)13(17)11-9-20-12(15-11)4-5-14/h9-10H,4-8,14H2,1-3H3. The zero-order valence-corrected chi connectivity index (χ0v) is 13.1. The summed E-state index contributed by atoms with van der Waals surface area (Å²) in [7, 11) is 3.24. The summed E-state index contributed by atoms with van der Waals surface area (Å²) < 4.78 is 10.2. The van der Waals surface area contributed by atoms with Crippen LogP contribution in [0.15, 0.2) is 5.38 Å². The summed E-state index contributed by atoms with van der Waals surface area (Å²) >= 11 is 1.47. The maximum atomic E-state index is 12.5. The molecule has 7 heteroatoms. The molecular weight excluding hydrogens is 278 g/mol. The molecule has 1 amide bonds. The first kappa shape index (κ1) is 17.0. The first-order valence-electron chi connectivity index (χ1n) is 6.57. The minimum Gasteiger partial charge on any atom is -0.383 e. The molecule has 0 bridgehead atoms. The van der Waals surface area contributed by atoms with Crippen LogP contribution in [0.25, 0.3) is 0 Å². The van der Waals surface area contributed by atoms with E-state index in [0.717, 1.165) is 5.01 Å². The second-order valence-electron chi connectivity index (χ2n) is 4.46. The van der Waals surface area contributed by atoms with E-state index in [-0.39, 0.29) is 11.9 Å². The van der Waals surface area contributed by atoms with Crippen LogP contribution in [0.3, 0.4) is 0 Å². The van der Waals surface area contributed by atoms with Gasteiger partial charge in [0.25, 0.3) is 5.91 Å². The number of thiazole rings is 1. The lowest BCUT2D eigenvalue weighted by Crippen LogP contribution is -2.43. The molecule has 6 nitrogen and oxygen atoms in total. The first-order valence-corrected chi connectivity index (χ1v) is 7.45. The van der Waals surface area contributed by atoms with Gasteiger partial charge in [0, 0.05) is 32.6 Å². The summed E-state index contributed by atoms with van der Waals surface area (Å²) in [6, 6.07) is -0.0256. The third kappa shape index (κ3) is 4.82. The SMILES string of the molecule is COCCN(C(=O)c1csc(CCN)n1)C(C)COC. The smallest absolute Gasteiger partial charge is 0.273 e. The topological polar surface area (TPSA) is 77.7 Å². The van der Waals surface area contributed by atoms with E-state index in [1.807, 2.05) is 6.92 Å². The van der Waals surface area contributed by atoms with Crippen molar-refractivity contribution in [2.45, 2.75) is 19.4 Å². The normalized spacial score (nSPS) is 12.4. The Hall–Kier alpha value is -1.02. The summed E-state index contributed by atoms with van der Waals surface area (Å²) in [5.41, 5.74) is 5.97. The molecule has 1 aromatic heterocycles.